The van der Waals surface area contributed by atoms with E-state index in [1.807, 2.05) is 31.2 Å². The van der Waals surface area contributed by atoms with Crippen molar-refractivity contribution in [3.63, 3.8) is 0 Å². The number of carbonyl (C=O) groups is 1. The molecule has 2 aromatic carbocycles. The van der Waals surface area contributed by atoms with E-state index in [1.165, 1.54) is 0 Å². The largest absolute Gasteiger partial charge is 0.493 e. The first-order valence-electron chi connectivity index (χ1n) is 8.57. The van der Waals surface area contributed by atoms with Crippen molar-refractivity contribution in [2.75, 3.05) is 13.7 Å². The summed E-state index contributed by atoms with van der Waals surface area (Å²) in [6, 6.07) is 13.4. The number of esters is 1. The molecule has 3 rings (SSSR count). The molecule has 0 spiro atoms. The first kappa shape index (κ1) is 18.4. The van der Waals surface area contributed by atoms with E-state index in [4.69, 9.17) is 14.2 Å². The molecule has 0 unspecified atom stereocenters. The van der Waals surface area contributed by atoms with E-state index in [9.17, 15) is 4.79 Å². The van der Waals surface area contributed by atoms with Crippen molar-refractivity contribution in [1.29, 1.82) is 0 Å². The second kappa shape index (κ2) is 8.35. The molecule has 0 fully saturated rings. The molecule has 0 saturated heterocycles. The summed E-state index contributed by atoms with van der Waals surface area (Å²) >= 11 is 0. The van der Waals surface area contributed by atoms with Crippen LogP contribution in [0.1, 0.15) is 28.5 Å². The SMILES string of the molecule is CCOC(=O)c1n[nH]nc1-c1ccc(OCc2ccccc2C)c(OC)c1. The molecule has 0 aliphatic heterocycles. The smallest absolute Gasteiger partial charge is 0.361 e. The quantitative estimate of drug-likeness (QED) is 0.643. The summed E-state index contributed by atoms with van der Waals surface area (Å²) in [6.45, 7) is 4.47. The van der Waals surface area contributed by atoms with Crippen molar-refractivity contribution >= 4 is 5.97 Å². The highest BCUT2D eigenvalue weighted by Gasteiger charge is 2.20. The van der Waals surface area contributed by atoms with Gasteiger partial charge in [0.1, 0.15) is 12.3 Å². The first-order chi connectivity index (χ1) is 13.1. The topological polar surface area (TPSA) is 86.3 Å². The Morgan fingerprint density at radius 2 is 1.93 bits per heavy atom. The number of nitrogens with zero attached hydrogens (tertiary/aromatic N) is 2. The Kier molecular flexibility index (Phi) is 5.71. The van der Waals surface area contributed by atoms with Gasteiger partial charge in [-0.15, -0.1) is 5.10 Å². The van der Waals surface area contributed by atoms with Crippen molar-refractivity contribution in [3.05, 3.63) is 59.3 Å². The van der Waals surface area contributed by atoms with E-state index in [0.717, 1.165) is 11.1 Å². The Labute approximate surface area is 157 Å². The molecule has 1 N–H and O–H groups in total. The Hall–Kier alpha value is -3.35. The van der Waals surface area contributed by atoms with Gasteiger partial charge in [0.05, 0.1) is 13.7 Å². The second-order valence-corrected chi connectivity index (χ2v) is 5.82. The number of hydrogen-bond acceptors (Lipinski definition) is 6. The summed E-state index contributed by atoms with van der Waals surface area (Å²) in [6.07, 6.45) is 0. The normalized spacial score (nSPS) is 10.5. The van der Waals surface area contributed by atoms with Gasteiger partial charge in [0, 0.05) is 5.56 Å². The number of carbonyl (C=O) groups excluding carboxylic acids is 1. The maximum Gasteiger partial charge on any atom is 0.361 e. The Morgan fingerprint density at radius 3 is 2.67 bits per heavy atom. The minimum atomic E-state index is -0.528. The number of hydrogen-bond donors (Lipinski definition) is 1. The van der Waals surface area contributed by atoms with Gasteiger partial charge in [-0.25, -0.2) is 4.79 Å². The number of aromatic nitrogens is 3. The summed E-state index contributed by atoms with van der Waals surface area (Å²) in [7, 11) is 1.56. The van der Waals surface area contributed by atoms with Crippen molar-refractivity contribution < 1.29 is 19.0 Å². The average molecular weight is 367 g/mol. The van der Waals surface area contributed by atoms with E-state index in [2.05, 4.69) is 15.4 Å². The molecule has 0 radical (unpaired) electrons. The third kappa shape index (κ3) is 4.08. The third-order valence-electron chi connectivity index (χ3n) is 4.10. The summed E-state index contributed by atoms with van der Waals surface area (Å²) in [4.78, 5) is 12.0. The molecule has 1 heterocycles. The van der Waals surface area contributed by atoms with E-state index in [1.54, 1.807) is 32.2 Å². The van der Waals surface area contributed by atoms with Crippen LogP contribution < -0.4 is 9.47 Å². The minimum Gasteiger partial charge on any atom is -0.493 e. The van der Waals surface area contributed by atoms with Crippen LogP contribution in [0.15, 0.2) is 42.5 Å². The molecule has 3 aromatic rings. The van der Waals surface area contributed by atoms with Crippen LogP contribution in [-0.4, -0.2) is 35.1 Å². The molecule has 0 saturated carbocycles. The lowest BCUT2D eigenvalue weighted by atomic mass is 10.1. The van der Waals surface area contributed by atoms with Crippen LogP contribution in [0.2, 0.25) is 0 Å². The Balaban J connectivity index is 1.84. The lowest BCUT2D eigenvalue weighted by molar-refractivity contribution is 0.0520. The minimum absolute atomic E-state index is 0.132. The number of rotatable bonds is 7. The van der Waals surface area contributed by atoms with E-state index in [0.29, 0.717) is 29.4 Å². The van der Waals surface area contributed by atoms with Gasteiger partial charge in [-0.05, 0) is 43.2 Å². The van der Waals surface area contributed by atoms with Gasteiger partial charge in [0.15, 0.2) is 17.2 Å². The predicted octanol–water partition coefficient (Wildman–Crippen LogP) is 3.54. The van der Waals surface area contributed by atoms with Gasteiger partial charge < -0.3 is 14.2 Å². The highest BCUT2D eigenvalue weighted by Crippen LogP contribution is 2.33. The van der Waals surface area contributed by atoms with Crippen molar-refractivity contribution in [1.82, 2.24) is 15.4 Å². The summed E-state index contributed by atoms with van der Waals surface area (Å²) in [5, 5.41) is 10.4. The average Bonchev–Trinajstić information content (AvgIpc) is 3.17. The first-order valence-corrected chi connectivity index (χ1v) is 8.57. The van der Waals surface area contributed by atoms with Crippen LogP contribution in [0, 0.1) is 6.92 Å². The van der Waals surface area contributed by atoms with Crippen LogP contribution in [0.25, 0.3) is 11.3 Å². The Morgan fingerprint density at radius 1 is 1.11 bits per heavy atom. The molecule has 27 heavy (non-hydrogen) atoms. The zero-order chi connectivity index (χ0) is 19.2. The summed E-state index contributed by atoms with van der Waals surface area (Å²) < 4.78 is 16.4. The summed E-state index contributed by atoms with van der Waals surface area (Å²) in [5.74, 6) is 0.615. The fourth-order valence-electron chi connectivity index (χ4n) is 2.64. The van der Waals surface area contributed by atoms with E-state index in [-0.39, 0.29) is 12.3 Å². The number of methoxy groups -OCH3 is 1. The molecule has 7 nitrogen and oxygen atoms in total. The molecule has 0 aliphatic rings. The van der Waals surface area contributed by atoms with Crippen LogP contribution in [-0.2, 0) is 11.3 Å². The highest BCUT2D eigenvalue weighted by atomic mass is 16.5. The van der Waals surface area contributed by atoms with Crippen molar-refractivity contribution in [3.8, 4) is 22.8 Å². The molecule has 0 amide bonds. The van der Waals surface area contributed by atoms with Gasteiger partial charge in [0.25, 0.3) is 0 Å². The van der Waals surface area contributed by atoms with Gasteiger partial charge in [-0.3, -0.25) is 0 Å². The molecular formula is C20H21N3O4. The predicted molar refractivity (Wildman–Crippen MR) is 99.8 cm³/mol. The van der Waals surface area contributed by atoms with E-state index < -0.39 is 5.97 Å². The molecular weight excluding hydrogens is 346 g/mol. The molecule has 140 valence electrons. The molecule has 7 heteroatoms. The molecule has 0 atom stereocenters. The maximum atomic E-state index is 12.0. The lowest BCUT2D eigenvalue weighted by Crippen LogP contribution is -2.07. The number of H-pyrrole nitrogens is 1. The number of aryl methyl sites for hydroxylation is 1. The van der Waals surface area contributed by atoms with Crippen LogP contribution in [0.4, 0.5) is 0 Å². The summed E-state index contributed by atoms with van der Waals surface area (Å²) in [5.41, 5.74) is 3.47. The molecule has 0 aliphatic carbocycles. The van der Waals surface area contributed by atoms with Crippen LogP contribution in [0.5, 0.6) is 11.5 Å². The fraction of sp³-hybridized carbons (Fsp3) is 0.250. The zero-order valence-corrected chi connectivity index (χ0v) is 15.5. The number of aromatic amines is 1. The van der Waals surface area contributed by atoms with E-state index >= 15 is 0 Å². The number of nitrogens with one attached hydrogen (secondary N) is 1. The van der Waals surface area contributed by atoms with Crippen LogP contribution >= 0.6 is 0 Å². The monoisotopic (exact) mass is 367 g/mol. The second-order valence-electron chi connectivity index (χ2n) is 5.82. The molecule has 1 aromatic heterocycles. The van der Waals surface area contributed by atoms with Crippen molar-refractivity contribution in [2.45, 2.75) is 20.5 Å². The maximum absolute atomic E-state index is 12.0. The number of ether oxygens (including phenoxy) is 3. The standard InChI is InChI=1S/C20H21N3O4/c1-4-26-20(24)19-18(21-23-22-19)14-9-10-16(17(11-14)25-3)27-12-15-8-6-5-7-13(15)2/h5-11H,4,12H2,1-3H3,(H,21,22,23). The van der Waals surface area contributed by atoms with Gasteiger partial charge in [-0.1, -0.05) is 24.3 Å². The zero-order valence-electron chi connectivity index (χ0n) is 15.5. The Bertz CT molecular complexity index is 936. The fourth-order valence-corrected chi connectivity index (χ4v) is 2.64. The number of benzene rings is 2. The van der Waals surface area contributed by atoms with Gasteiger partial charge >= 0.3 is 5.97 Å². The van der Waals surface area contributed by atoms with Gasteiger partial charge in [0.2, 0.25) is 0 Å². The highest BCUT2D eigenvalue weighted by molar-refractivity contribution is 5.94. The van der Waals surface area contributed by atoms with Crippen molar-refractivity contribution in [2.24, 2.45) is 0 Å². The van der Waals surface area contributed by atoms with Crippen LogP contribution in [0.3, 0.4) is 0 Å². The van der Waals surface area contributed by atoms with Gasteiger partial charge in [-0.2, -0.15) is 10.3 Å². The molecule has 0 bridgehead atoms. The third-order valence-corrected chi connectivity index (χ3v) is 4.10. The lowest BCUT2D eigenvalue weighted by Gasteiger charge is -2.13.